The number of amides is 1. The highest BCUT2D eigenvalue weighted by molar-refractivity contribution is 7.89. The lowest BCUT2D eigenvalue weighted by molar-refractivity contribution is -0.117. The Bertz CT molecular complexity index is 600. The number of hydrogen-bond donors (Lipinski definition) is 1. The molecule has 2 N–H and O–H groups in total. The van der Waals surface area contributed by atoms with Gasteiger partial charge in [-0.05, 0) is 12.1 Å². The van der Waals surface area contributed by atoms with Crippen molar-refractivity contribution in [1.29, 1.82) is 0 Å². The van der Waals surface area contributed by atoms with Gasteiger partial charge in [-0.1, -0.05) is 17.7 Å². The van der Waals surface area contributed by atoms with Crippen molar-refractivity contribution in [2.75, 3.05) is 17.2 Å². The maximum atomic E-state index is 13.7. The molecule has 1 atom stereocenters. The second kappa shape index (κ2) is 5.07. The minimum Gasteiger partial charge on any atom is -0.308 e. The SMILES string of the molecule is NS(=O)(=O)CC1CC(=O)N(c2c(F)cccc2Cl)C1. The molecule has 1 fully saturated rings. The molecule has 1 aromatic carbocycles. The van der Waals surface area contributed by atoms with Gasteiger partial charge in [-0.2, -0.15) is 0 Å². The van der Waals surface area contributed by atoms with Crippen LogP contribution in [-0.4, -0.2) is 26.6 Å². The van der Waals surface area contributed by atoms with Gasteiger partial charge in [-0.3, -0.25) is 4.79 Å². The number of carbonyl (C=O) groups excluding carboxylic acids is 1. The fourth-order valence-electron chi connectivity index (χ4n) is 2.18. The number of carbonyl (C=O) groups is 1. The van der Waals surface area contributed by atoms with E-state index >= 15 is 0 Å². The van der Waals surface area contributed by atoms with E-state index in [9.17, 15) is 17.6 Å². The van der Waals surface area contributed by atoms with Crippen LogP contribution in [0, 0.1) is 11.7 Å². The Morgan fingerprint density at radius 3 is 2.74 bits per heavy atom. The van der Waals surface area contributed by atoms with Crippen LogP contribution in [0.4, 0.5) is 10.1 Å². The van der Waals surface area contributed by atoms with Gasteiger partial charge in [0.1, 0.15) is 5.82 Å². The molecule has 0 aliphatic carbocycles. The average molecular weight is 307 g/mol. The monoisotopic (exact) mass is 306 g/mol. The van der Waals surface area contributed by atoms with Gasteiger partial charge >= 0.3 is 0 Å². The minimum atomic E-state index is -3.66. The van der Waals surface area contributed by atoms with Crippen LogP contribution in [0.15, 0.2) is 18.2 Å². The maximum Gasteiger partial charge on any atom is 0.227 e. The molecule has 2 rings (SSSR count). The van der Waals surface area contributed by atoms with Gasteiger partial charge in [-0.15, -0.1) is 0 Å². The van der Waals surface area contributed by atoms with Crippen LogP contribution < -0.4 is 10.0 Å². The minimum absolute atomic E-state index is 0.00825. The normalized spacial score (nSPS) is 20.1. The number of anilines is 1. The average Bonchev–Trinajstić information content (AvgIpc) is 2.56. The molecular weight excluding hydrogens is 295 g/mol. The van der Waals surface area contributed by atoms with Crippen LogP contribution in [0.2, 0.25) is 5.02 Å². The third-order valence-corrected chi connectivity index (χ3v) is 4.12. The number of sulfonamides is 1. The number of rotatable bonds is 3. The van der Waals surface area contributed by atoms with E-state index in [1.807, 2.05) is 0 Å². The number of halogens is 2. The highest BCUT2D eigenvalue weighted by atomic mass is 35.5. The molecule has 5 nitrogen and oxygen atoms in total. The Morgan fingerprint density at radius 1 is 1.47 bits per heavy atom. The van der Waals surface area contributed by atoms with Crippen LogP contribution in [0.3, 0.4) is 0 Å². The number of primary sulfonamides is 1. The number of nitrogens with two attached hydrogens (primary N) is 1. The highest BCUT2D eigenvalue weighted by Gasteiger charge is 2.34. The van der Waals surface area contributed by atoms with Crippen LogP contribution in [0.5, 0.6) is 0 Å². The van der Waals surface area contributed by atoms with Crippen molar-refractivity contribution in [3.05, 3.63) is 29.0 Å². The van der Waals surface area contributed by atoms with E-state index in [0.717, 1.165) is 0 Å². The molecule has 1 saturated heterocycles. The summed E-state index contributed by atoms with van der Waals surface area (Å²) < 4.78 is 35.8. The van der Waals surface area contributed by atoms with Crippen LogP contribution in [0.25, 0.3) is 0 Å². The summed E-state index contributed by atoms with van der Waals surface area (Å²) in [5, 5.41) is 5.06. The third kappa shape index (κ3) is 3.23. The van der Waals surface area contributed by atoms with Gasteiger partial charge in [0.15, 0.2) is 0 Å². The quantitative estimate of drug-likeness (QED) is 0.908. The molecule has 1 aromatic rings. The molecule has 1 aliphatic rings. The summed E-state index contributed by atoms with van der Waals surface area (Å²) in [6.07, 6.45) is 0.0150. The van der Waals surface area contributed by atoms with Crippen molar-refractivity contribution < 1.29 is 17.6 Å². The molecule has 0 radical (unpaired) electrons. The second-order valence-corrected chi connectivity index (χ2v) is 6.54. The highest BCUT2D eigenvalue weighted by Crippen LogP contribution is 2.33. The van der Waals surface area contributed by atoms with Crippen LogP contribution in [0.1, 0.15) is 6.42 Å². The maximum absolute atomic E-state index is 13.7. The van der Waals surface area contributed by atoms with Gasteiger partial charge in [0.05, 0.1) is 16.5 Å². The number of benzene rings is 1. The van der Waals surface area contributed by atoms with Crippen molar-refractivity contribution in [1.82, 2.24) is 0 Å². The first kappa shape index (κ1) is 14.2. The lowest BCUT2D eigenvalue weighted by Gasteiger charge is -2.18. The third-order valence-electron chi connectivity index (χ3n) is 2.88. The number of para-hydroxylation sites is 1. The lowest BCUT2D eigenvalue weighted by Crippen LogP contribution is -2.28. The molecule has 1 amide bonds. The Hall–Kier alpha value is -1.18. The van der Waals surface area contributed by atoms with E-state index < -0.39 is 21.8 Å². The summed E-state index contributed by atoms with van der Waals surface area (Å²) in [6.45, 7) is 0.0932. The summed E-state index contributed by atoms with van der Waals surface area (Å²) in [6, 6.07) is 4.10. The van der Waals surface area contributed by atoms with Crippen molar-refractivity contribution in [3.8, 4) is 0 Å². The van der Waals surface area contributed by atoms with Crippen molar-refractivity contribution in [2.24, 2.45) is 11.1 Å². The predicted octanol–water partition coefficient (Wildman–Crippen LogP) is 1.12. The van der Waals surface area contributed by atoms with Crippen LogP contribution >= 0.6 is 11.6 Å². The zero-order chi connectivity index (χ0) is 14.2. The molecule has 104 valence electrons. The van der Waals surface area contributed by atoms with Gasteiger partial charge in [0, 0.05) is 18.9 Å². The zero-order valence-electron chi connectivity index (χ0n) is 9.84. The molecule has 0 saturated carbocycles. The Kier molecular flexibility index (Phi) is 3.80. The van der Waals surface area contributed by atoms with E-state index in [0.29, 0.717) is 0 Å². The largest absolute Gasteiger partial charge is 0.308 e. The lowest BCUT2D eigenvalue weighted by atomic mass is 10.1. The Labute approximate surface area is 115 Å². The predicted molar refractivity (Wildman–Crippen MR) is 69.8 cm³/mol. The molecule has 1 aliphatic heterocycles. The number of nitrogens with zero attached hydrogens (tertiary/aromatic N) is 1. The molecule has 0 bridgehead atoms. The van der Waals surface area contributed by atoms with E-state index in [1.165, 1.54) is 23.1 Å². The Morgan fingerprint density at radius 2 is 2.16 bits per heavy atom. The van der Waals surface area contributed by atoms with Crippen molar-refractivity contribution in [3.63, 3.8) is 0 Å². The van der Waals surface area contributed by atoms with Crippen LogP contribution in [-0.2, 0) is 14.8 Å². The first-order valence-electron chi connectivity index (χ1n) is 5.53. The fraction of sp³-hybridized carbons (Fsp3) is 0.364. The van der Waals surface area contributed by atoms with Gasteiger partial charge < -0.3 is 4.90 Å². The van der Waals surface area contributed by atoms with Gasteiger partial charge in [0.25, 0.3) is 0 Å². The molecule has 19 heavy (non-hydrogen) atoms. The zero-order valence-corrected chi connectivity index (χ0v) is 11.4. The van der Waals surface area contributed by atoms with E-state index in [4.69, 9.17) is 16.7 Å². The smallest absolute Gasteiger partial charge is 0.227 e. The Balaban J connectivity index is 2.26. The fourth-order valence-corrected chi connectivity index (χ4v) is 3.33. The molecule has 0 aromatic heterocycles. The summed E-state index contributed by atoms with van der Waals surface area (Å²) in [4.78, 5) is 13.0. The topological polar surface area (TPSA) is 80.5 Å². The van der Waals surface area contributed by atoms with Crippen molar-refractivity contribution >= 4 is 33.2 Å². The van der Waals surface area contributed by atoms with Crippen molar-refractivity contribution in [2.45, 2.75) is 6.42 Å². The summed E-state index contributed by atoms with van der Waals surface area (Å²) in [5.74, 6) is -1.72. The molecule has 0 spiro atoms. The molecule has 1 unspecified atom stereocenters. The second-order valence-electron chi connectivity index (χ2n) is 4.47. The van der Waals surface area contributed by atoms with E-state index in [1.54, 1.807) is 0 Å². The standard InChI is InChI=1S/C11H12ClFN2O3S/c12-8-2-1-3-9(13)11(8)15-5-7(4-10(15)16)6-19(14,17)18/h1-3,7H,4-6H2,(H2,14,17,18). The summed E-state index contributed by atoms with van der Waals surface area (Å²) in [7, 11) is -3.66. The molecule has 1 heterocycles. The van der Waals surface area contributed by atoms with E-state index in [-0.39, 0.29) is 35.3 Å². The van der Waals surface area contributed by atoms with E-state index in [2.05, 4.69) is 0 Å². The van der Waals surface area contributed by atoms with Gasteiger partial charge in [0.2, 0.25) is 15.9 Å². The van der Waals surface area contributed by atoms with Gasteiger partial charge in [-0.25, -0.2) is 17.9 Å². The molecular formula is C11H12ClFN2O3S. The first-order valence-corrected chi connectivity index (χ1v) is 7.62. The first-order chi connectivity index (χ1) is 8.78. The number of hydrogen-bond acceptors (Lipinski definition) is 3. The molecule has 8 heteroatoms. The summed E-state index contributed by atoms with van der Waals surface area (Å²) >= 11 is 5.88. The summed E-state index contributed by atoms with van der Waals surface area (Å²) in [5.41, 5.74) is -0.00825.